The van der Waals surface area contributed by atoms with Gasteiger partial charge < -0.3 is 5.32 Å². The van der Waals surface area contributed by atoms with Crippen molar-refractivity contribution in [2.45, 2.75) is 13.0 Å². The topological polar surface area (TPSA) is 57.8 Å². The van der Waals surface area contributed by atoms with E-state index in [0.29, 0.717) is 19.2 Å². The molecule has 0 bridgehead atoms. The molecule has 0 fully saturated rings. The predicted molar refractivity (Wildman–Crippen MR) is 83.6 cm³/mol. The number of nitrogens with zero attached hydrogens (tertiary/aromatic N) is 1. The molecule has 1 amide bonds. The van der Waals surface area contributed by atoms with Gasteiger partial charge in [-0.25, -0.2) is 0 Å². The first-order chi connectivity index (χ1) is 8.99. The lowest BCUT2D eigenvalue weighted by Crippen LogP contribution is -2.27. The standard InChI is InChI=1S/C12H10Cl2IN3O/c1-6(7-4-16-17-5-7)18-12(19)9-2-8(13)3-10(14)11(9)15/h2-6H,1H3,(H,16,17)(H,18,19). The zero-order valence-electron chi connectivity index (χ0n) is 9.88. The Kier molecular flexibility index (Phi) is 4.70. The zero-order chi connectivity index (χ0) is 14.0. The molecule has 1 atom stereocenters. The van der Waals surface area contributed by atoms with Crippen LogP contribution in [-0.4, -0.2) is 16.1 Å². The maximum absolute atomic E-state index is 12.2. The molecule has 4 nitrogen and oxygen atoms in total. The maximum atomic E-state index is 12.2. The third-order valence-electron chi connectivity index (χ3n) is 2.60. The Morgan fingerprint density at radius 3 is 2.84 bits per heavy atom. The summed E-state index contributed by atoms with van der Waals surface area (Å²) in [4.78, 5) is 12.2. The quantitative estimate of drug-likeness (QED) is 0.598. The number of rotatable bonds is 3. The summed E-state index contributed by atoms with van der Waals surface area (Å²) in [6.07, 6.45) is 3.40. The van der Waals surface area contributed by atoms with E-state index >= 15 is 0 Å². The van der Waals surface area contributed by atoms with Gasteiger partial charge in [-0.1, -0.05) is 23.2 Å². The second-order valence-electron chi connectivity index (χ2n) is 3.98. The first-order valence-electron chi connectivity index (χ1n) is 5.43. The van der Waals surface area contributed by atoms with Crippen molar-refractivity contribution in [3.05, 3.63) is 49.3 Å². The largest absolute Gasteiger partial charge is 0.345 e. The number of nitrogens with one attached hydrogen (secondary N) is 2. The number of aromatic nitrogens is 2. The Balaban J connectivity index is 2.21. The van der Waals surface area contributed by atoms with Gasteiger partial charge >= 0.3 is 0 Å². The van der Waals surface area contributed by atoms with E-state index < -0.39 is 0 Å². The Morgan fingerprint density at radius 1 is 1.47 bits per heavy atom. The summed E-state index contributed by atoms with van der Waals surface area (Å²) in [7, 11) is 0. The van der Waals surface area contributed by atoms with Crippen LogP contribution in [0, 0.1) is 3.57 Å². The van der Waals surface area contributed by atoms with Crippen LogP contribution in [0.5, 0.6) is 0 Å². The van der Waals surface area contributed by atoms with Crippen LogP contribution in [0.25, 0.3) is 0 Å². The first kappa shape index (κ1) is 14.6. The van der Waals surface area contributed by atoms with Crippen LogP contribution in [0.15, 0.2) is 24.5 Å². The second kappa shape index (κ2) is 6.11. The Labute approximate surface area is 134 Å². The van der Waals surface area contributed by atoms with E-state index in [-0.39, 0.29) is 11.9 Å². The molecule has 1 heterocycles. The smallest absolute Gasteiger partial charge is 0.252 e. The van der Waals surface area contributed by atoms with Crippen molar-refractivity contribution in [3.63, 3.8) is 0 Å². The number of amides is 1. The molecule has 0 radical (unpaired) electrons. The van der Waals surface area contributed by atoms with Crippen molar-refractivity contribution in [2.75, 3.05) is 0 Å². The molecule has 0 aliphatic carbocycles. The summed E-state index contributed by atoms with van der Waals surface area (Å²) in [6, 6.07) is 3.06. The summed E-state index contributed by atoms with van der Waals surface area (Å²) >= 11 is 14.0. The van der Waals surface area contributed by atoms with E-state index in [1.165, 1.54) is 0 Å². The van der Waals surface area contributed by atoms with Crippen LogP contribution in [0.1, 0.15) is 28.9 Å². The van der Waals surface area contributed by atoms with Crippen molar-refractivity contribution in [3.8, 4) is 0 Å². The van der Waals surface area contributed by atoms with Crippen molar-refractivity contribution in [1.29, 1.82) is 0 Å². The second-order valence-corrected chi connectivity index (χ2v) is 5.90. The van der Waals surface area contributed by atoms with E-state index in [4.69, 9.17) is 23.2 Å². The van der Waals surface area contributed by atoms with Crippen LogP contribution >= 0.6 is 45.8 Å². The van der Waals surface area contributed by atoms with Gasteiger partial charge in [-0.05, 0) is 41.6 Å². The van der Waals surface area contributed by atoms with E-state index in [9.17, 15) is 4.79 Å². The van der Waals surface area contributed by atoms with E-state index in [0.717, 1.165) is 5.56 Å². The molecule has 0 aliphatic rings. The highest BCUT2D eigenvalue weighted by Gasteiger charge is 2.17. The molecule has 2 N–H and O–H groups in total. The molecular formula is C12H10Cl2IN3O. The molecule has 0 spiro atoms. The molecule has 100 valence electrons. The lowest BCUT2D eigenvalue weighted by atomic mass is 10.1. The molecule has 2 rings (SSSR count). The lowest BCUT2D eigenvalue weighted by molar-refractivity contribution is 0.0939. The van der Waals surface area contributed by atoms with Gasteiger partial charge in [0.2, 0.25) is 0 Å². The zero-order valence-corrected chi connectivity index (χ0v) is 13.5. The van der Waals surface area contributed by atoms with Crippen LogP contribution < -0.4 is 5.32 Å². The molecule has 0 aliphatic heterocycles. The number of hydrogen-bond donors (Lipinski definition) is 2. The highest BCUT2D eigenvalue weighted by Crippen LogP contribution is 2.27. The Bertz CT molecular complexity index is 601. The third-order valence-corrected chi connectivity index (χ3v) is 4.60. The van der Waals surface area contributed by atoms with E-state index in [1.807, 2.05) is 29.5 Å². The average Bonchev–Trinajstić information content (AvgIpc) is 2.87. The van der Waals surface area contributed by atoms with Crippen molar-refractivity contribution in [2.24, 2.45) is 0 Å². The minimum atomic E-state index is -0.220. The van der Waals surface area contributed by atoms with Gasteiger partial charge in [0.1, 0.15) is 0 Å². The number of carbonyl (C=O) groups excluding carboxylic acids is 1. The summed E-state index contributed by atoms with van der Waals surface area (Å²) in [5.74, 6) is -0.220. The van der Waals surface area contributed by atoms with Crippen molar-refractivity contribution >= 4 is 51.7 Å². The molecule has 0 saturated heterocycles. The molecule has 1 aromatic heterocycles. The highest BCUT2D eigenvalue weighted by molar-refractivity contribution is 14.1. The number of benzene rings is 1. The third kappa shape index (κ3) is 3.40. The Hall–Kier alpha value is -0.790. The van der Waals surface area contributed by atoms with Gasteiger partial charge in [0, 0.05) is 20.4 Å². The number of H-pyrrole nitrogens is 1. The molecule has 7 heteroatoms. The predicted octanol–water partition coefficient (Wildman–Crippen LogP) is 3.81. The summed E-state index contributed by atoms with van der Waals surface area (Å²) in [6.45, 7) is 1.88. The van der Waals surface area contributed by atoms with Gasteiger partial charge in [0.15, 0.2) is 0 Å². The fraction of sp³-hybridized carbons (Fsp3) is 0.167. The molecule has 2 aromatic rings. The first-order valence-corrected chi connectivity index (χ1v) is 7.26. The number of carbonyl (C=O) groups is 1. The molecule has 1 unspecified atom stereocenters. The summed E-state index contributed by atoms with van der Waals surface area (Å²) in [5.41, 5.74) is 1.37. The normalized spacial score (nSPS) is 12.2. The van der Waals surface area contributed by atoms with Gasteiger partial charge in [-0.15, -0.1) is 0 Å². The Morgan fingerprint density at radius 2 is 2.21 bits per heavy atom. The van der Waals surface area contributed by atoms with Gasteiger partial charge in [0.05, 0.1) is 22.8 Å². The van der Waals surface area contributed by atoms with Crippen molar-refractivity contribution < 1.29 is 4.79 Å². The lowest BCUT2D eigenvalue weighted by Gasteiger charge is -2.13. The van der Waals surface area contributed by atoms with E-state index in [1.54, 1.807) is 24.5 Å². The monoisotopic (exact) mass is 409 g/mol. The van der Waals surface area contributed by atoms with Crippen LogP contribution in [-0.2, 0) is 0 Å². The fourth-order valence-corrected chi connectivity index (χ4v) is 2.63. The summed E-state index contributed by atoms with van der Waals surface area (Å²) in [5, 5.41) is 10.3. The van der Waals surface area contributed by atoms with Crippen LogP contribution in [0.4, 0.5) is 0 Å². The number of halogens is 3. The van der Waals surface area contributed by atoms with Gasteiger partial charge in [-0.3, -0.25) is 9.89 Å². The molecule has 19 heavy (non-hydrogen) atoms. The molecule has 1 aromatic carbocycles. The molecular weight excluding hydrogens is 400 g/mol. The number of aromatic amines is 1. The SMILES string of the molecule is CC(NC(=O)c1cc(Cl)cc(Cl)c1I)c1cn[nH]c1. The molecule has 0 saturated carbocycles. The van der Waals surface area contributed by atoms with Crippen LogP contribution in [0.3, 0.4) is 0 Å². The maximum Gasteiger partial charge on any atom is 0.252 e. The van der Waals surface area contributed by atoms with E-state index in [2.05, 4.69) is 15.5 Å². The minimum Gasteiger partial charge on any atom is -0.345 e. The van der Waals surface area contributed by atoms with Gasteiger partial charge in [-0.2, -0.15) is 5.10 Å². The fourth-order valence-electron chi connectivity index (χ4n) is 1.58. The van der Waals surface area contributed by atoms with Crippen molar-refractivity contribution in [1.82, 2.24) is 15.5 Å². The number of hydrogen-bond acceptors (Lipinski definition) is 2. The van der Waals surface area contributed by atoms with Crippen LogP contribution in [0.2, 0.25) is 10.0 Å². The minimum absolute atomic E-state index is 0.153. The highest BCUT2D eigenvalue weighted by atomic mass is 127. The summed E-state index contributed by atoms with van der Waals surface area (Å²) < 4.78 is 0.681. The van der Waals surface area contributed by atoms with Gasteiger partial charge in [0.25, 0.3) is 5.91 Å². The average molecular weight is 410 g/mol.